The molecule has 5 heteroatoms. The minimum Gasteiger partial charge on any atom is -0.465 e. The standard InChI is InChI=1S/C23H34O5/c1-14(24)27-13-21(3)8-5-9-22(4)18-7-6-16-11-23(18,12-17(16)26)20(10-19(21)22)28-15(2)25/h16,18-20H,5-13H2,1-4H3/t16-,18+,19-,20-,21-,22+,23-/m1/s1. The van der Waals surface area contributed by atoms with Crippen molar-refractivity contribution in [2.24, 2.45) is 34.0 Å². The first-order valence-corrected chi connectivity index (χ1v) is 10.9. The highest BCUT2D eigenvalue weighted by molar-refractivity contribution is 5.85. The van der Waals surface area contributed by atoms with Crippen LogP contribution < -0.4 is 0 Å². The van der Waals surface area contributed by atoms with Crippen molar-refractivity contribution in [1.82, 2.24) is 0 Å². The van der Waals surface area contributed by atoms with E-state index in [2.05, 4.69) is 13.8 Å². The normalized spacial score (nSPS) is 47.1. The summed E-state index contributed by atoms with van der Waals surface area (Å²) in [6.45, 7) is 8.02. The van der Waals surface area contributed by atoms with Gasteiger partial charge in [-0.2, -0.15) is 0 Å². The largest absolute Gasteiger partial charge is 0.465 e. The van der Waals surface area contributed by atoms with Gasteiger partial charge in [-0.15, -0.1) is 0 Å². The first-order chi connectivity index (χ1) is 13.1. The molecule has 156 valence electrons. The average molecular weight is 391 g/mol. The molecule has 0 N–H and O–H groups in total. The molecule has 4 saturated carbocycles. The zero-order valence-corrected chi connectivity index (χ0v) is 17.7. The van der Waals surface area contributed by atoms with Crippen LogP contribution in [0.3, 0.4) is 0 Å². The second-order valence-electron chi connectivity index (χ2n) is 10.6. The number of ether oxygens (including phenoxy) is 2. The zero-order valence-electron chi connectivity index (χ0n) is 17.7. The van der Waals surface area contributed by atoms with Crippen LogP contribution in [0, 0.1) is 34.0 Å². The predicted molar refractivity (Wildman–Crippen MR) is 103 cm³/mol. The van der Waals surface area contributed by atoms with E-state index in [9.17, 15) is 14.4 Å². The molecule has 2 bridgehead atoms. The van der Waals surface area contributed by atoms with E-state index in [1.807, 2.05) is 0 Å². The number of ketones is 1. The topological polar surface area (TPSA) is 69.7 Å². The summed E-state index contributed by atoms with van der Waals surface area (Å²) >= 11 is 0. The molecular weight excluding hydrogens is 356 g/mol. The first kappa shape index (κ1) is 19.9. The van der Waals surface area contributed by atoms with Crippen LogP contribution in [0.1, 0.15) is 79.1 Å². The van der Waals surface area contributed by atoms with Crippen molar-refractivity contribution in [2.75, 3.05) is 6.61 Å². The Bertz CT molecular complexity index is 701. The SMILES string of the molecule is CC(=O)OC[C@@]1(C)CCC[C@]2(C)[C@@H]1C[C@@H](OC(C)=O)[C@]13CC(=O)[C@H](CC[C@@H]21)C3. The molecule has 0 radical (unpaired) electrons. The summed E-state index contributed by atoms with van der Waals surface area (Å²) < 4.78 is 11.5. The highest BCUT2D eigenvalue weighted by atomic mass is 16.5. The van der Waals surface area contributed by atoms with Gasteiger partial charge in [-0.1, -0.05) is 20.3 Å². The average Bonchev–Trinajstić information content (AvgIpc) is 2.85. The summed E-state index contributed by atoms with van der Waals surface area (Å²) in [4.78, 5) is 36.2. The molecule has 0 aromatic rings. The molecule has 0 aromatic heterocycles. The number of rotatable bonds is 3. The lowest BCUT2D eigenvalue weighted by atomic mass is 9.40. The molecule has 0 unspecified atom stereocenters. The summed E-state index contributed by atoms with van der Waals surface area (Å²) in [5.41, 5.74) is -0.200. The minimum absolute atomic E-state index is 0.0966. The van der Waals surface area contributed by atoms with E-state index in [1.165, 1.54) is 13.8 Å². The van der Waals surface area contributed by atoms with Crippen molar-refractivity contribution in [3.8, 4) is 0 Å². The molecule has 0 heterocycles. The van der Waals surface area contributed by atoms with Crippen LogP contribution in [0.4, 0.5) is 0 Å². The van der Waals surface area contributed by atoms with Crippen LogP contribution in [-0.4, -0.2) is 30.4 Å². The summed E-state index contributed by atoms with van der Waals surface area (Å²) in [7, 11) is 0. The van der Waals surface area contributed by atoms with Crippen molar-refractivity contribution in [3.05, 3.63) is 0 Å². The Morgan fingerprint density at radius 2 is 1.82 bits per heavy atom. The zero-order chi connectivity index (χ0) is 20.3. The second kappa shape index (κ2) is 6.56. The number of fused-ring (bicyclic) bond motifs is 3. The van der Waals surface area contributed by atoms with Crippen LogP contribution in [0.15, 0.2) is 0 Å². The Morgan fingerprint density at radius 1 is 1.07 bits per heavy atom. The molecular formula is C23H34O5. The van der Waals surface area contributed by atoms with Crippen LogP contribution in [0.25, 0.3) is 0 Å². The van der Waals surface area contributed by atoms with Gasteiger partial charge < -0.3 is 9.47 Å². The van der Waals surface area contributed by atoms with Gasteiger partial charge in [-0.3, -0.25) is 14.4 Å². The van der Waals surface area contributed by atoms with Crippen molar-refractivity contribution in [1.29, 1.82) is 0 Å². The van der Waals surface area contributed by atoms with Crippen molar-refractivity contribution in [3.63, 3.8) is 0 Å². The van der Waals surface area contributed by atoms with E-state index < -0.39 is 0 Å². The minimum atomic E-state index is -0.249. The summed E-state index contributed by atoms with van der Waals surface area (Å²) in [5.74, 6) is 0.758. The first-order valence-electron chi connectivity index (χ1n) is 10.9. The van der Waals surface area contributed by atoms with Crippen LogP contribution in [0.2, 0.25) is 0 Å². The van der Waals surface area contributed by atoms with E-state index in [4.69, 9.17) is 9.47 Å². The van der Waals surface area contributed by atoms with Gasteiger partial charge in [0.25, 0.3) is 0 Å². The molecule has 5 nitrogen and oxygen atoms in total. The van der Waals surface area contributed by atoms with Crippen molar-refractivity contribution in [2.45, 2.75) is 85.2 Å². The van der Waals surface area contributed by atoms with Gasteiger partial charge >= 0.3 is 11.9 Å². The molecule has 4 aliphatic carbocycles. The molecule has 0 amide bonds. The Morgan fingerprint density at radius 3 is 2.50 bits per heavy atom. The lowest BCUT2D eigenvalue weighted by Gasteiger charge is -2.65. The van der Waals surface area contributed by atoms with Gasteiger partial charge in [0.05, 0.1) is 6.61 Å². The number of hydrogen-bond acceptors (Lipinski definition) is 5. The summed E-state index contributed by atoms with van der Waals surface area (Å²) in [5, 5.41) is 0. The Kier molecular flexibility index (Phi) is 4.67. The molecule has 4 fully saturated rings. The summed E-state index contributed by atoms with van der Waals surface area (Å²) in [6.07, 6.45) is 7.35. The monoisotopic (exact) mass is 390 g/mol. The fourth-order valence-corrected chi connectivity index (χ4v) is 8.00. The van der Waals surface area contributed by atoms with Crippen molar-refractivity contribution >= 4 is 17.7 Å². The third-order valence-corrected chi connectivity index (χ3v) is 8.98. The Balaban J connectivity index is 1.74. The Labute approximate surface area is 167 Å². The smallest absolute Gasteiger partial charge is 0.302 e. The number of carbonyl (C=O) groups excluding carboxylic acids is 3. The third-order valence-electron chi connectivity index (χ3n) is 8.98. The van der Waals surface area contributed by atoms with Crippen LogP contribution in [0.5, 0.6) is 0 Å². The fraction of sp³-hybridized carbons (Fsp3) is 0.870. The summed E-state index contributed by atoms with van der Waals surface area (Å²) in [6, 6.07) is 0. The lowest BCUT2D eigenvalue weighted by Crippen LogP contribution is -2.62. The quantitative estimate of drug-likeness (QED) is 0.679. The van der Waals surface area contributed by atoms with E-state index in [0.717, 1.165) is 44.9 Å². The number of Topliss-reactive ketones (excluding diaryl/α,β-unsaturated/α-hetero) is 1. The molecule has 7 atom stereocenters. The molecule has 1 spiro atoms. The van der Waals surface area contributed by atoms with Gasteiger partial charge in [0.15, 0.2) is 0 Å². The highest BCUT2D eigenvalue weighted by Crippen LogP contribution is 2.71. The predicted octanol–water partition coefficient (Wildman–Crippen LogP) is 4.07. The van der Waals surface area contributed by atoms with Crippen LogP contribution >= 0.6 is 0 Å². The number of hydrogen-bond donors (Lipinski definition) is 0. The molecule has 4 aliphatic rings. The second-order valence-corrected chi connectivity index (χ2v) is 10.6. The van der Waals surface area contributed by atoms with Gasteiger partial charge in [0.1, 0.15) is 11.9 Å². The van der Waals surface area contributed by atoms with E-state index in [-0.39, 0.29) is 40.2 Å². The number of carbonyl (C=O) groups is 3. The molecule has 0 saturated heterocycles. The van der Waals surface area contributed by atoms with E-state index in [1.54, 1.807) is 0 Å². The Hall–Kier alpha value is -1.39. The van der Waals surface area contributed by atoms with Crippen LogP contribution in [-0.2, 0) is 23.9 Å². The molecule has 4 rings (SSSR count). The lowest BCUT2D eigenvalue weighted by molar-refractivity contribution is -0.220. The maximum Gasteiger partial charge on any atom is 0.302 e. The maximum atomic E-state index is 12.7. The highest BCUT2D eigenvalue weighted by Gasteiger charge is 2.69. The fourth-order valence-electron chi connectivity index (χ4n) is 8.00. The molecule has 0 aliphatic heterocycles. The molecule has 0 aromatic carbocycles. The van der Waals surface area contributed by atoms with Crippen molar-refractivity contribution < 1.29 is 23.9 Å². The van der Waals surface area contributed by atoms with Gasteiger partial charge in [-0.25, -0.2) is 0 Å². The van der Waals surface area contributed by atoms with Gasteiger partial charge in [0, 0.05) is 37.0 Å². The van der Waals surface area contributed by atoms with Gasteiger partial charge in [0.2, 0.25) is 0 Å². The van der Waals surface area contributed by atoms with E-state index in [0.29, 0.717) is 30.6 Å². The molecule has 28 heavy (non-hydrogen) atoms. The number of esters is 2. The van der Waals surface area contributed by atoms with Gasteiger partial charge in [-0.05, 0) is 55.8 Å². The maximum absolute atomic E-state index is 12.7. The third kappa shape index (κ3) is 2.83. The van der Waals surface area contributed by atoms with E-state index >= 15 is 0 Å².